The van der Waals surface area contributed by atoms with Crippen molar-refractivity contribution < 1.29 is 24.1 Å². The zero-order chi connectivity index (χ0) is 16.2. The van der Waals surface area contributed by atoms with Crippen molar-refractivity contribution in [1.82, 2.24) is 0 Å². The van der Waals surface area contributed by atoms with E-state index in [0.29, 0.717) is 24.3 Å². The van der Waals surface area contributed by atoms with Gasteiger partial charge in [-0.15, -0.1) is 0 Å². The summed E-state index contributed by atoms with van der Waals surface area (Å²) in [5.74, 6) is -0.979. The maximum atomic E-state index is 12.8. The summed E-state index contributed by atoms with van der Waals surface area (Å²) in [6, 6.07) is 6.69. The van der Waals surface area contributed by atoms with Crippen molar-refractivity contribution in [3.05, 3.63) is 29.8 Å². The smallest absolute Gasteiger partial charge is 0.307 e. The van der Waals surface area contributed by atoms with Crippen LogP contribution in [0.15, 0.2) is 24.3 Å². The fourth-order valence-corrected chi connectivity index (χ4v) is 4.75. The Morgan fingerprint density at radius 3 is 2.82 bits per heavy atom. The maximum Gasteiger partial charge on any atom is 0.307 e. The lowest BCUT2D eigenvalue weighted by Gasteiger charge is -2.28. The highest BCUT2D eigenvalue weighted by Crippen LogP contribution is 2.51. The standard InChI is InChI=1S/C15H22NO5P/c1-2-14(13-8-5-9-21-13)22(19,20)16-12-7-4-3-6-11(12)10-15(17)18/h3-4,6-7,13-14H,2,5,8-10H2,1H3,(H,17,18)(H2,16,19,20). The van der Waals surface area contributed by atoms with Crippen molar-refractivity contribution in [2.45, 2.75) is 44.4 Å². The minimum absolute atomic E-state index is 0.195. The Morgan fingerprint density at radius 2 is 2.23 bits per heavy atom. The van der Waals surface area contributed by atoms with E-state index in [1.54, 1.807) is 24.3 Å². The van der Waals surface area contributed by atoms with Gasteiger partial charge in [0.1, 0.15) is 0 Å². The van der Waals surface area contributed by atoms with Crippen LogP contribution in [0.2, 0.25) is 0 Å². The first-order valence-electron chi connectivity index (χ1n) is 7.46. The average molecular weight is 327 g/mol. The van der Waals surface area contributed by atoms with E-state index < -0.39 is 19.1 Å². The van der Waals surface area contributed by atoms with Crippen molar-refractivity contribution in [3.63, 3.8) is 0 Å². The molecule has 0 aliphatic carbocycles. The largest absolute Gasteiger partial charge is 0.481 e. The molecular formula is C15H22NO5P. The van der Waals surface area contributed by atoms with E-state index in [9.17, 15) is 14.3 Å². The number of benzene rings is 1. The lowest BCUT2D eigenvalue weighted by Crippen LogP contribution is -2.27. The number of aliphatic carboxylic acids is 1. The Morgan fingerprint density at radius 1 is 1.50 bits per heavy atom. The average Bonchev–Trinajstić information content (AvgIpc) is 2.94. The first kappa shape index (κ1) is 17.0. The molecule has 22 heavy (non-hydrogen) atoms. The maximum absolute atomic E-state index is 12.8. The fraction of sp³-hybridized carbons (Fsp3) is 0.533. The van der Waals surface area contributed by atoms with Gasteiger partial charge in [0, 0.05) is 12.3 Å². The van der Waals surface area contributed by atoms with Crippen LogP contribution in [0.3, 0.4) is 0 Å². The van der Waals surface area contributed by atoms with Crippen molar-refractivity contribution in [3.8, 4) is 0 Å². The van der Waals surface area contributed by atoms with Crippen molar-refractivity contribution in [1.29, 1.82) is 0 Å². The second-order valence-electron chi connectivity index (χ2n) is 5.49. The predicted molar refractivity (Wildman–Crippen MR) is 84.3 cm³/mol. The third kappa shape index (κ3) is 4.09. The van der Waals surface area contributed by atoms with Gasteiger partial charge >= 0.3 is 5.97 Å². The topological polar surface area (TPSA) is 95.9 Å². The summed E-state index contributed by atoms with van der Waals surface area (Å²) in [5, 5.41) is 11.6. The van der Waals surface area contributed by atoms with Gasteiger partial charge in [-0.25, -0.2) is 0 Å². The number of anilines is 1. The van der Waals surface area contributed by atoms with Gasteiger partial charge in [0.05, 0.1) is 18.2 Å². The molecule has 122 valence electrons. The van der Waals surface area contributed by atoms with Crippen molar-refractivity contribution >= 4 is 19.2 Å². The van der Waals surface area contributed by atoms with E-state index in [4.69, 9.17) is 9.84 Å². The first-order valence-corrected chi connectivity index (χ1v) is 9.19. The number of rotatable bonds is 7. The molecule has 6 nitrogen and oxygen atoms in total. The van der Waals surface area contributed by atoms with Gasteiger partial charge in [-0.2, -0.15) is 0 Å². The number of ether oxygens (including phenoxy) is 1. The minimum Gasteiger partial charge on any atom is -0.481 e. The van der Waals surface area contributed by atoms with Crippen LogP contribution in [-0.2, 0) is 20.5 Å². The molecule has 0 aromatic heterocycles. The number of nitrogens with one attached hydrogen (secondary N) is 1. The molecule has 1 fully saturated rings. The highest BCUT2D eigenvalue weighted by Gasteiger charge is 2.38. The lowest BCUT2D eigenvalue weighted by molar-refractivity contribution is -0.136. The van der Waals surface area contributed by atoms with Crippen LogP contribution in [0, 0.1) is 0 Å². The summed E-state index contributed by atoms with van der Waals surface area (Å²) in [7, 11) is -3.71. The summed E-state index contributed by atoms with van der Waals surface area (Å²) < 4.78 is 18.3. The monoisotopic (exact) mass is 327 g/mol. The van der Waals surface area contributed by atoms with E-state index >= 15 is 0 Å². The SMILES string of the molecule is CCC(C1CCCO1)P(=O)(O)Nc1ccccc1CC(=O)O. The third-order valence-electron chi connectivity index (χ3n) is 3.90. The molecule has 1 saturated heterocycles. The summed E-state index contributed by atoms with van der Waals surface area (Å²) in [4.78, 5) is 21.4. The van der Waals surface area contributed by atoms with E-state index in [1.807, 2.05) is 6.92 Å². The summed E-state index contributed by atoms with van der Waals surface area (Å²) in [6.07, 6.45) is 1.78. The Hall–Kier alpha value is -1.36. The van der Waals surface area contributed by atoms with E-state index in [-0.39, 0.29) is 12.5 Å². The molecule has 3 atom stereocenters. The molecular weight excluding hydrogens is 305 g/mol. The Bertz CT molecular complexity index is 571. The molecule has 0 amide bonds. The zero-order valence-electron chi connectivity index (χ0n) is 12.6. The van der Waals surface area contributed by atoms with E-state index in [2.05, 4.69) is 5.09 Å². The van der Waals surface area contributed by atoms with Crippen LogP contribution in [0.4, 0.5) is 5.69 Å². The van der Waals surface area contributed by atoms with Gasteiger partial charge in [-0.05, 0) is 30.9 Å². The van der Waals surface area contributed by atoms with Crippen LogP contribution in [0.5, 0.6) is 0 Å². The molecule has 1 aliphatic rings. The second kappa shape index (κ2) is 7.27. The molecule has 7 heteroatoms. The van der Waals surface area contributed by atoms with Gasteiger partial charge in [-0.1, -0.05) is 25.1 Å². The number of carboxylic acids is 1. The van der Waals surface area contributed by atoms with E-state index in [0.717, 1.165) is 12.8 Å². The highest BCUT2D eigenvalue weighted by molar-refractivity contribution is 7.60. The molecule has 0 spiro atoms. The summed E-state index contributed by atoms with van der Waals surface area (Å²) >= 11 is 0. The Balaban J connectivity index is 2.20. The number of carboxylic acid groups (broad SMARTS) is 1. The van der Waals surface area contributed by atoms with Crippen molar-refractivity contribution in [2.24, 2.45) is 0 Å². The molecule has 3 unspecified atom stereocenters. The molecule has 3 N–H and O–H groups in total. The van der Waals surface area contributed by atoms with Crippen molar-refractivity contribution in [2.75, 3.05) is 11.7 Å². The number of hydrogen-bond donors (Lipinski definition) is 3. The quantitative estimate of drug-likeness (QED) is 0.667. The molecule has 0 radical (unpaired) electrons. The van der Waals surface area contributed by atoms with Crippen LogP contribution in [0.25, 0.3) is 0 Å². The molecule has 1 aliphatic heterocycles. The number of carbonyl (C=O) groups is 1. The summed E-state index contributed by atoms with van der Waals surface area (Å²) in [6.45, 7) is 2.48. The Labute approximate surface area is 130 Å². The Kier molecular flexibility index (Phi) is 5.62. The fourth-order valence-electron chi connectivity index (χ4n) is 2.84. The van der Waals surface area contributed by atoms with Crippen LogP contribution >= 0.6 is 7.52 Å². The first-order chi connectivity index (χ1) is 10.4. The molecule has 0 saturated carbocycles. The van der Waals surface area contributed by atoms with Gasteiger partial charge in [0.2, 0.25) is 0 Å². The molecule has 2 rings (SSSR count). The van der Waals surface area contributed by atoms with E-state index in [1.165, 1.54) is 0 Å². The normalized spacial score (nSPS) is 22.0. The molecule has 1 aromatic carbocycles. The third-order valence-corrected chi connectivity index (χ3v) is 6.06. The lowest BCUT2D eigenvalue weighted by atomic mass is 10.1. The van der Waals surface area contributed by atoms with Crippen LogP contribution in [-0.4, -0.2) is 34.3 Å². The van der Waals surface area contributed by atoms with Crippen LogP contribution < -0.4 is 5.09 Å². The number of para-hydroxylation sites is 1. The summed E-state index contributed by atoms with van der Waals surface area (Å²) in [5.41, 5.74) is 0.395. The highest BCUT2D eigenvalue weighted by atomic mass is 31.2. The zero-order valence-corrected chi connectivity index (χ0v) is 13.5. The van der Waals surface area contributed by atoms with Gasteiger partial charge < -0.3 is 19.8 Å². The van der Waals surface area contributed by atoms with Gasteiger partial charge in [-0.3, -0.25) is 9.36 Å². The minimum atomic E-state index is -3.71. The second-order valence-corrected chi connectivity index (χ2v) is 7.62. The predicted octanol–water partition coefficient (Wildman–Crippen LogP) is 2.87. The van der Waals surface area contributed by atoms with Gasteiger partial charge in [0.25, 0.3) is 7.52 Å². The molecule has 1 heterocycles. The van der Waals surface area contributed by atoms with Crippen LogP contribution in [0.1, 0.15) is 31.7 Å². The molecule has 0 bridgehead atoms. The number of hydrogen-bond acceptors (Lipinski definition) is 3. The molecule has 1 aromatic rings. The van der Waals surface area contributed by atoms with Gasteiger partial charge in [0.15, 0.2) is 0 Å².